The van der Waals surface area contributed by atoms with E-state index < -0.39 is 5.97 Å². The lowest BCUT2D eigenvalue weighted by Gasteiger charge is -2.27. The van der Waals surface area contributed by atoms with Gasteiger partial charge < -0.3 is 5.11 Å². The first kappa shape index (κ1) is 13.7. The molecule has 0 bridgehead atoms. The molecule has 0 radical (unpaired) electrons. The fourth-order valence-electron chi connectivity index (χ4n) is 1.36. The number of hydrogen-bond donors (Lipinski definition) is 1. The van der Waals surface area contributed by atoms with Gasteiger partial charge in [0.2, 0.25) is 0 Å². The maximum atomic E-state index is 11.1. The Hall–Kier alpha value is -0.350. The average molecular weight is 305 g/mol. The van der Waals surface area contributed by atoms with Gasteiger partial charge in [0.25, 0.3) is 0 Å². The lowest BCUT2D eigenvalue weighted by molar-refractivity contribution is 0.0700. The second-order valence-corrected chi connectivity index (χ2v) is 7.61. The van der Waals surface area contributed by atoms with E-state index >= 15 is 0 Å². The van der Waals surface area contributed by atoms with Crippen molar-refractivity contribution in [1.29, 1.82) is 0 Å². The summed E-state index contributed by atoms with van der Waals surface area (Å²) in [5, 5.41) is 9.08. The van der Waals surface area contributed by atoms with E-state index in [2.05, 4.69) is 43.6 Å². The fraction of sp³-hybridized carbons (Fsp3) is 0.583. The highest BCUT2D eigenvalue weighted by atomic mass is 79.9. The van der Waals surface area contributed by atoms with E-state index in [4.69, 9.17) is 5.11 Å². The summed E-state index contributed by atoms with van der Waals surface area (Å²) >= 11 is 4.64. The number of rotatable bonds is 3. The molecule has 0 aliphatic rings. The van der Waals surface area contributed by atoms with Crippen LogP contribution in [0.3, 0.4) is 0 Å². The van der Waals surface area contributed by atoms with Gasteiger partial charge in [0.1, 0.15) is 4.88 Å². The minimum atomic E-state index is -0.827. The van der Waals surface area contributed by atoms with Gasteiger partial charge in [-0.1, -0.05) is 27.7 Å². The molecule has 4 heteroatoms. The molecule has 0 aliphatic carbocycles. The molecule has 0 amide bonds. The van der Waals surface area contributed by atoms with E-state index in [1.807, 2.05) is 6.07 Å². The van der Waals surface area contributed by atoms with Crippen LogP contribution in [0.2, 0.25) is 0 Å². The van der Waals surface area contributed by atoms with Crippen LogP contribution in [0.1, 0.15) is 42.9 Å². The Morgan fingerprint density at radius 2 is 2.12 bits per heavy atom. The van der Waals surface area contributed by atoms with Crippen molar-refractivity contribution >= 4 is 33.2 Å². The largest absolute Gasteiger partial charge is 0.477 e. The summed E-state index contributed by atoms with van der Waals surface area (Å²) < 4.78 is 0.890. The zero-order valence-corrected chi connectivity index (χ0v) is 12.4. The first-order valence-electron chi connectivity index (χ1n) is 5.23. The van der Waals surface area contributed by atoms with Crippen molar-refractivity contribution in [1.82, 2.24) is 0 Å². The van der Waals surface area contributed by atoms with Crippen LogP contribution in [-0.2, 0) is 6.42 Å². The monoisotopic (exact) mass is 304 g/mol. The van der Waals surface area contributed by atoms with Gasteiger partial charge in [-0.15, -0.1) is 11.3 Å². The van der Waals surface area contributed by atoms with Crippen molar-refractivity contribution in [2.24, 2.45) is 11.3 Å². The van der Waals surface area contributed by atoms with Crippen LogP contribution in [0.15, 0.2) is 9.85 Å². The molecule has 0 saturated heterocycles. The Kier molecular flexibility index (Phi) is 4.18. The predicted octanol–water partition coefficient (Wildman–Crippen LogP) is 4.43. The van der Waals surface area contributed by atoms with Gasteiger partial charge in [0, 0.05) is 0 Å². The Morgan fingerprint density at radius 3 is 2.56 bits per heavy atom. The molecule has 1 rings (SSSR count). The molecular weight excluding hydrogens is 288 g/mol. The van der Waals surface area contributed by atoms with Crippen LogP contribution in [-0.4, -0.2) is 11.1 Å². The summed E-state index contributed by atoms with van der Waals surface area (Å²) in [5.41, 5.74) is 1.14. The zero-order chi connectivity index (χ0) is 12.5. The summed E-state index contributed by atoms with van der Waals surface area (Å²) in [7, 11) is 0. The zero-order valence-electron chi connectivity index (χ0n) is 10.0. The highest BCUT2D eigenvalue weighted by molar-refractivity contribution is 9.11. The Labute approximate surface area is 109 Å². The Balaban J connectivity index is 2.93. The van der Waals surface area contributed by atoms with Crippen molar-refractivity contribution < 1.29 is 9.90 Å². The second-order valence-electron chi connectivity index (χ2n) is 5.18. The maximum Gasteiger partial charge on any atom is 0.346 e. The number of thiophene rings is 1. The number of carboxylic acids is 1. The highest BCUT2D eigenvalue weighted by Crippen LogP contribution is 2.33. The lowest BCUT2D eigenvalue weighted by atomic mass is 9.79. The summed E-state index contributed by atoms with van der Waals surface area (Å²) in [4.78, 5) is 11.5. The molecule has 1 unspecified atom stereocenters. The number of carbonyl (C=O) groups is 1. The molecule has 1 heterocycles. The van der Waals surface area contributed by atoms with E-state index in [1.54, 1.807) is 0 Å². The molecule has 1 N–H and O–H groups in total. The van der Waals surface area contributed by atoms with Gasteiger partial charge in [0.05, 0.1) is 3.79 Å². The Bertz CT molecular complexity index is 390. The highest BCUT2D eigenvalue weighted by Gasteiger charge is 2.23. The molecule has 0 aliphatic heterocycles. The first-order chi connectivity index (χ1) is 7.21. The van der Waals surface area contributed by atoms with E-state index in [0.29, 0.717) is 10.8 Å². The van der Waals surface area contributed by atoms with Gasteiger partial charge in [-0.05, 0) is 45.3 Å². The van der Waals surface area contributed by atoms with E-state index in [9.17, 15) is 4.79 Å². The van der Waals surface area contributed by atoms with Crippen LogP contribution >= 0.6 is 27.3 Å². The molecule has 0 aromatic carbocycles. The van der Waals surface area contributed by atoms with Crippen molar-refractivity contribution in [3.8, 4) is 0 Å². The molecule has 1 aromatic rings. The first-order valence-corrected chi connectivity index (χ1v) is 6.84. The quantitative estimate of drug-likeness (QED) is 0.896. The standard InChI is InChI=1S/C12H17BrO2S/c1-7(12(2,3)4)5-8-6-9(13)16-10(8)11(14)15/h6-7H,5H2,1-4H3,(H,14,15). The molecule has 2 nitrogen and oxygen atoms in total. The van der Waals surface area contributed by atoms with E-state index in [1.165, 1.54) is 11.3 Å². The summed E-state index contributed by atoms with van der Waals surface area (Å²) in [6.07, 6.45) is 0.813. The average Bonchev–Trinajstić information content (AvgIpc) is 2.45. The van der Waals surface area contributed by atoms with Crippen molar-refractivity contribution in [2.45, 2.75) is 34.1 Å². The summed E-state index contributed by atoms with van der Waals surface area (Å²) in [5.74, 6) is -0.376. The number of halogens is 1. The predicted molar refractivity (Wildman–Crippen MR) is 71.3 cm³/mol. The molecule has 1 atom stereocenters. The van der Waals surface area contributed by atoms with Crippen molar-refractivity contribution in [3.63, 3.8) is 0 Å². The fourth-order valence-corrected chi connectivity index (χ4v) is 2.88. The van der Waals surface area contributed by atoms with Gasteiger partial charge in [-0.25, -0.2) is 4.79 Å². The van der Waals surface area contributed by atoms with E-state index in [0.717, 1.165) is 15.8 Å². The van der Waals surface area contributed by atoms with Crippen molar-refractivity contribution in [3.05, 3.63) is 20.3 Å². The smallest absolute Gasteiger partial charge is 0.346 e. The molecule has 0 fully saturated rings. The number of carboxylic acid groups (broad SMARTS) is 1. The normalized spacial score (nSPS) is 13.8. The summed E-state index contributed by atoms with van der Waals surface area (Å²) in [6, 6.07) is 1.93. The summed E-state index contributed by atoms with van der Waals surface area (Å²) in [6.45, 7) is 8.70. The molecular formula is C12H17BrO2S. The van der Waals surface area contributed by atoms with Gasteiger partial charge >= 0.3 is 5.97 Å². The number of aromatic carboxylic acids is 1. The second kappa shape index (κ2) is 4.88. The minimum Gasteiger partial charge on any atom is -0.477 e. The van der Waals surface area contributed by atoms with E-state index in [-0.39, 0.29) is 5.41 Å². The molecule has 1 aromatic heterocycles. The lowest BCUT2D eigenvalue weighted by Crippen LogP contribution is -2.20. The third kappa shape index (κ3) is 3.32. The maximum absolute atomic E-state index is 11.1. The molecule has 90 valence electrons. The van der Waals surface area contributed by atoms with Gasteiger partial charge in [-0.2, -0.15) is 0 Å². The number of hydrogen-bond acceptors (Lipinski definition) is 2. The van der Waals surface area contributed by atoms with Crippen LogP contribution < -0.4 is 0 Å². The molecule has 0 spiro atoms. The van der Waals surface area contributed by atoms with Gasteiger partial charge in [-0.3, -0.25) is 0 Å². The van der Waals surface area contributed by atoms with Crippen LogP contribution in [0.5, 0.6) is 0 Å². The molecule has 16 heavy (non-hydrogen) atoms. The third-order valence-corrected chi connectivity index (χ3v) is 4.65. The van der Waals surface area contributed by atoms with Crippen LogP contribution in [0.25, 0.3) is 0 Å². The minimum absolute atomic E-state index is 0.199. The van der Waals surface area contributed by atoms with Crippen LogP contribution in [0, 0.1) is 11.3 Å². The topological polar surface area (TPSA) is 37.3 Å². The Morgan fingerprint density at radius 1 is 1.56 bits per heavy atom. The van der Waals surface area contributed by atoms with Gasteiger partial charge in [0.15, 0.2) is 0 Å². The third-order valence-electron chi connectivity index (χ3n) is 2.98. The molecule has 0 saturated carbocycles. The van der Waals surface area contributed by atoms with Crippen LogP contribution in [0.4, 0.5) is 0 Å². The van der Waals surface area contributed by atoms with Crippen molar-refractivity contribution in [2.75, 3.05) is 0 Å². The SMILES string of the molecule is CC(Cc1cc(Br)sc1C(=O)O)C(C)(C)C.